The minimum absolute atomic E-state index is 0.0149. The maximum absolute atomic E-state index is 14.2. The van der Waals surface area contributed by atoms with Crippen LogP contribution in [-0.4, -0.2) is 36.4 Å². The highest BCUT2D eigenvalue weighted by molar-refractivity contribution is 7.89. The SMILES string of the molecule is Cc1ccc(S(=O)(=O)N(CC(=O)N/N=C\c2cccnc2)Cc2ccccc2F)cc1. The largest absolute Gasteiger partial charge is 0.272 e. The zero-order valence-corrected chi connectivity index (χ0v) is 17.6. The van der Waals surface area contributed by atoms with E-state index in [1.807, 2.05) is 6.92 Å². The minimum Gasteiger partial charge on any atom is -0.272 e. The molecule has 2 aromatic carbocycles. The van der Waals surface area contributed by atoms with E-state index in [4.69, 9.17) is 0 Å². The van der Waals surface area contributed by atoms with E-state index in [1.54, 1.807) is 42.7 Å². The summed E-state index contributed by atoms with van der Waals surface area (Å²) >= 11 is 0. The first-order chi connectivity index (χ1) is 14.9. The molecule has 9 heteroatoms. The summed E-state index contributed by atoms with van der Waals surface area (Å²) in [7, 11) is -4.06. The highest BCUT2D eigenvalue weighted by atomic mass is 32.2. The third-order valence-electron chi connectivity index (χ3n) is 4.37. The summed E-state index contributed by atoms with van der Waals surface area (Å²) < 4.78 is 41.4. The number of rotatable bonds is 8. The number of nitrogens with zero attached hydrogens (tertiary/aromatic N) is 3. The van der Waals surface area contributed by atoms with Gasteiger partial charge < -0.3 is 0 Å². The lowest BCUT2D eigenvalue weighted by molar-refractivity contribution is -0.121. The summed E-state index contributed by atoms with van der Waals surface area (Å²) in [5.74, 6) is -1.21. The number of hydrogen-bond donors (Lipinski definition) is 1. The van der Waals surface area contributed by atoms with Crippen molar-refractivity contribution in [3.05, 3.63) is 95.6 Å². The lowest BCUT2D eigenvalue weighted by Crippen LogP contribution is -2.39. The van der Waals surface area contributed by atoms with E-state index < -0.39 is 28.3 Å². The Kier molecular flexibility index (Phi) is 7.22. The molecule has 0 aliphatic carbocycles. The normalized spacial score (nSPS) is 11.7. The molecule has 0 unspecified atom stereocenters. The Labute approximate surface area is 180 Å². The van der Waals surface area contributed by atoms with E-state index in [1.165, 1.54) is 36.5 Å². The number of pyridine rings is 1. The van der Waals surface area contributed by atoms with Crippen molar-refractivity contribution in [3.63, 3.8) is 0 Å². The molecule has 0 bridgehead atoms. The van der Waals surface area contributed by atoms with Gasteiger partial charge in [-0.15, -0.1) is 0 Å². The van der Waals surface area contributed by atoms with E-state index in [0.29, 0.717) is 5.56 Å². The van der Waals surface area contributed by atoms with Gasteiger partial charge in [-0.05, 0) is 31.2 Å². The van der Waals surface area contributed by atoms with Crippen LogP contribution in [0.2, 0.25) is 0 Å². The number of amides is 1. The summed E-state index contributed by atoms with van der Waals surface area (Å²) in [5, 5.41) is 3.83. The van der Waals surface area contributed by atoms with Crippen molar-refractivity contribution in [1.82, 2.24) is 14.7 Å². The number of hydrogen-bond acceptors (Lipinski definition) is 5. The number of nitrogens with one attached hydrogen (secondary N) is 1. The topological polar surface area (TPSA) is 91.7 Å². The van der Waals surface area contributed by atoms with Gasteiger partial charge in [0.15, 0.2) is 0 Å². The minimum atomic E-state index is -4.06. The number of carbonyl (C=O) groups is 1. The quantitative estimate of drug-likeness (QED) is 0.431. The highest BCUT2D eigenvalue weighted by Crippen LogP contribution is 2.20. The van der Waals surface area contributed by atoms with Crippen LogP contribution < -0.4 is 5.43 Å². The Morgan fingerprint density at radius 1 is 1.13 bits per heavy atom. The van der Waals surface area contributed by atoms with Crippen LogP contribution in [-0.2, 0) is 21.4 Å². The first kappa shape index (κ1) is 22.3. The van der Waals surface area contributed by atoms with Gasteiger partial charge in [0.25, 0.3) is 5.91 Å². The van der Waals surface area contributed by atoms with Crippen molar-refractivity contribution in [2.24, 2.45) is 5.10 Å². The lowest BCUT2D eigenvalue weighted by atomic mass is 10.2. The summed E-state index contributed by atoms with van der Waals surface area (Å²) in [4.78, 5) is 16.4. The third-order valence-corrected chi connectivity index (χ3v) is 6.18. The predicted octanol–water partition coefficient (Wildman–Crippen LogP) is 2.87. The Bertz CT molecular complexity index is 1170. The number of halogens is 1. The lowest BCUT2D eigenvalue weighted by Gasteiger charge is -2.22. The molecule has 0 saturated heterocycles. The molecule has 0 aliphatic rings. The molecule has 0 saturated carbocycles. The number of aromatic nitrogens is 1. The zero-order chi connectivity index (χ0) is 22.3. The number of sulfonamides is 1. The molecule has 0 spiro atoms. The van der Waals surface area contributed by atoms with Gasteiger partial charge in [0.1, 0.15) is 5.82 Å². The van der Waals surface area contributed by atoms with Gasteiger partial charge in [-0.1, -0.05) is 42.0 Å². The fraction of sp³-hybridized carbons (Fsp3) is 0.136. The summed E-state index contributed by atoms with van der Waals surface area (Å²) in [6.45, 7) is 0.999. The van der Waals surface area contributed by atoms with Gasteiger partial charge in [-0.2, -0.15) is 9.41 Å². The predicted molar refractivity (Wildman–Crippen MR) is 115 cm³/mol. The van der Waals surface area contributed by atoms with E-state index in [0.717, 1.165) is 9.87 Å². The first-order valence-corrected chi connectivity index (χ1v) is 10.8. The number of carbonyl (C=O) groups excluding carboxylic acids is 1. The van der Waals surface area contributed by atoms with E-state index in [2.05, 4.69) is 15.5 Å². The highest BCUT2D eigenvalue weighted by Gasteiger charge is 2.27. The van der Waals surface area contributed by atoms with Crippen molar-refractivity contribution in [3.8, 4) is 0 Å². The Balaban J connectivity index is 1.81. The van der Waals surface area contributed by atoms with Crippen LogP contribution in [0, 0.1) is 12.7 Å². The molecule has 1 amide bonds. The molecular weight excluding hydrogens is 419 g/mol. The van der Waals surface area contributed by atoms with E-state index in [-0.39, 0.29) is 17.0 Å². The Morgan fingerprint density at radius 2 is 1.87 bits per heavy atom. The fourth-order valence-corrected chi connectivity index (χ4v) is 4.10. The van der Waals surface area contributed by atoms with Gasteiger partial charge in [0, 0.05) is 30.1 Å². The number of aryl methyl sites for hydroxylation is 1. The third kappa shape index (κ3) is 6.03. The summed E-state index contributed by atoms with van der Waals surface area (Å²) in [6, 6.07) is 15.5. The van der Waals surface area contributed by atoms with Gasteiger partial charge in [-0.3, -0.25) is 9.78 Å². The summed E-state index contributed by atoms with van der Waals surface area (Å²) in [5.41, 5.74) is 4.01. The maximum Gasteiger partial charge on any atom is 0.255 e. The molecule has 0 aliphatic heterocycles. The molecule has 31 heavy (non-hydrogen) atoms. The van der Waals surface area contributed by atoms with Crippen LogP contribution in [0.3, 0.4) is 0 Å². The zero-order valence-electron chi connectivity index (χ0n) is 16.8. The van der Waals surface area contributed by atoms with Crippen LogP contribution in [0.4, 0.5) is 4.39 Å². The number of hydrazone groups is 1. The van der Waals surface area contributed by atoms with Crippen LogP contribution >= 0.6 is 0 Å². The molecule has 0 fully saturated rings. The molecule has 0 atom stereocenters. The smallest absolute Gasteiger partial charge is 0.255 e. The second-order valence-electron chi connectivity index (χ2n) is 6.76. The maximum atomic E-state index is 14.2. The Hall–Kier alpha value is -3.43. The number of benzene rings is 2. The van der Waals surface area contributed by atoms with Crippen molar-refractivity contribution in [2.45, 2.75) is 18.4 Å². The van der Waals surface area contributed by atoms with Crippen LogP contribution in [0.5, 0.6) is 0 Å². The second-order valence-corrected chi connectivity index (χ2v) is 8.70. The van der Waals surface area contributed by atoms with Gasteiger partial charge >= 0.3 is 0 Å². The van der Waals surface area contributed by atoms with Crippen molar-refractivity contribution in [1.29, 1.82) is 0 Å². The molecule has 3 aromatic rings. The molecule has 160 valence electrons. The molecule has 1 heterocycles. The Morgan fingerprint density at radius 3 is 2.55 bits per heavy atom. The van der Waals surface area contributed by atoms with E-state index >= 15 is 0 Å². The monoisotopic (exact) mass is 440 g/mol. The van der Waals surface area contributed by atoms with Crippen molar-refractivity contribution >= 4 is 22.1 Å². The van der Waals surface area contributed by atoms with Gasteiger partial charge in [-0.25, -0.2) is 18.2 Å². The van der Waals surface area contributed by atoms with Crippen molar-refractivity contribution < 1.29 is 17.6 Å². The average Bonchev–Trinajstić information content (AvgIpc) is 2.76. The molecule has 3 rings (SSSR count). The van der Waals surface area contributed by atoms with Crippen LogP contribution in [0.25, 0.3) is 0 Å². The average molecular weight is 441 g/mol. The first-order valence-electron chi connectivity index (χ1n) is 9.38. The molecule has 1 aromatic heterocycles. The summed E-state index contributed by atoms with van der Waals surface area (Å²) in [6.07, 6.45) is 4.55. The van der Waals surface area contributed by atoms with E-state index in [9.17, 15) is 17.6 Å². The molecular formula is C22H21FN4O3S. The van der Waals surface area contributed by atoms with Crippen LogP contribution in [0.1, 0.15) is 16.7 Å². The van der Waals surface area contributed by atoms with Gasteiger partial charge in [0.05, 0.1) is 17.7 Å². The molecule has 7 nitrogen and oxygen atoms in total. The molecule has 1 N–H and O–H groups in total. The fourth-order valence-electron chi connectivity index (χ4n) is 2.73. The second kappa shape index (κ2) is 10.1. The molecule has 0 radical (unpaired) electrons. The van der Waals surface area contributed by atoms with Crippen molar-refractivity contribution in [2.75, 3.05) is 6.54 Å². The standard InChI is InChI=1S/C22H21FN4O3S/c1-17-8-10-20(11-9-17)31(29,30)27(15-19-6-2-3-7-21(19)23)16-22(28)26-25-14-18-5-4-12-24-13-18/h2-14H,15-16H2,1H3,(H,26,28)/b25-14-. The van der Waals surface area contributed by atoms with Gasteiger partial charge in [0.2, 0.25) is 10.0 Å². The van der Waals surface area contributed by atoms with Crippen LogP contribution in [0.15, 0.2) is 83.1 Å².